The smallest absolute Gasteiger partial charge is 0.179 e. The van der Waals surface area contributed by atoms with E-state index in [1.165, 1.54) is 17.8 Å². The largest absolute Gasteiger partial charge is 0.494 e. The highest BCUT2D eigenvalue weighted by Crippen LogP contribution is 2.22. The van der Waals surface area contributed by atoms with Gasteiger partial charge < -0.3 is 4.74 Å². The first-order valence-corrected chi connectivity index (χ1v) is 4.79. The zero-order valence-electron chi connectivity index (χ0n) is 9.04. The highest BCUT2D eigenvalue weighted by Gasteiger charge is 2.13. The lowest BCUT2D eigenvalue weighted by atomic mass is 10.2. The molecule has 2 rings (SSSR count). The van der Waals surface area contributed by atoms with Crippen molar-refractivity contribution in [3.63, 3.8) is 0 Å². The van der Waals surface area contributed by atoms with Crippen molar-refractivity contribution in [1.29, 1.82) is 0 Å². The fraction of sp³-hybridized carbons (Fsp3) is 0.182. The van der Waals surface area contributed by atoms with E-state index in [-0.39, 0.29) is 5.78 Å². The number of Topliss-reactive ketones (excluding diaryl/α,β-unsaturated/α-hetero) is 1. The van der Waals surface area contributed by atoms with E-state index < -0.39 is 0 Å². The summed E-state index contributed by atoms with van der Waals surface area (Å²) in [5.74, 6) is 0.561. The van der Waals surface area contributed by atoms with E-state index in [2.05, 4.69) is 10.3 Å². The lowest BCUT2D eigenvalue weighted by Crippen LogP contribution is -2.07. The second-order valence-electron chi connectivity index (χ2n) is 3.26. The van der Waals surface area contributed by atoms with Gasteiger partial charge in [-0.3, -0.25) is 4.79 Å². The summed E-state index contributed by atoms with van der Waals surface area (Å²) in [6.07, 6.45) is 1.44. The highest BCUT2D eigenvalue weighted by atomic mass is 16.5. The first kappa shape index (κ1) is 10.4. The van der Waals surface area contributed by atoms with Crippen LogP contribution in [0.4, 0.5) is 0 Å². The van der Waals surface area contributed by atoms with Gasteiger partial charge in [0.15, 0.2) is 5.78 Å². The molecular formula is C11H11N3O2. The lowest BCUT2D eigenvalue weighted by molar-refractivity contribution is 0.101. The predicted molar refractivity (Wildman–Crippen MR) is 57.9 cm³/mol. The number of hydrogen-bond donors (Lipinski definition) is 0. The molecule has 1 heterocycles. The monoisotopic (exact) mass is 217 g/mol. The molecule has 1 aromatic carbocycles. The minimum Gasteiger partial charge on any atom is -0.494 e. The van der Waals surface area contributed by atoms with Crippen LogP contribution in [0, 0.1) is 0 Å². The average Bonchev–Trinajstić information content (AvgIpc) is 2.77. The Labute approximate surface area is 92.7 Å². The lowest BCUT2D eigenvalue weighted by Gasteiger charge is -2.08. The molecule has 0 saturated carbocycles. The molecule has 82 valence electrons. The molecule has 2 aromatic rings. The van der Waals surface area contributed by atoms with E-state index in [1.54, 1.807) is 13.2 Å². The molecule has 16 heavy (non-hydrogen) atoms. The third kappa shape index (κ3) is 1.67. The van der Waals surface area contributed by atoms with Crippen molar-refractivity contribution in [2.45, 2.75) is 6.92 Å². The Balaban J connectivity index is 2.58. The number of benzene rings is 1. The van der Waals surface area contributed by atoms with Crippen molar-refractivity contribution in [2.24, 2.45) is 0 Å². The summed E-state index contributed by atoms with van der Waals surface area (Å²) < 4.78 is 6.68. The summed E-state index contributed by atoms with van der Waals surface area (Å²) in [4.78, 5) is 11.4. The van der Waals surface area contributed by atoms with Crippen molar-refractivity contribution in [3.8, 4) is 11.4 Å². The second kappa shape index (κ2) is 4.14. The van der Waals surface area contributed by atoms with Gasteiger partial charge in [-0.1, -0.05) is 17.3 Å². The van der Waals surface area contributed by atoms with Crippen LogP contribution in [0.3, 0.4) is 0 Å². The topological polar surface area (TPSA) is 57.0 Å². The van der Waals surface area contributed by atoms with Crippen molar-refractivity contribution in [3.05, 3.63) is 36.2 Å². The SMILES string of the molecule is COc1ccccc1-n1nncc1C(C)=O. The summed E-state index contributed by atoms with van der Waals surface area (Å²) >= 11 is 0. The fourth-order valence-corrected chi connectivity index (χ4v) is 1.46. The van der Waals surface area contributed by atoms with Gasteiger partial charge in [0.2, 0.25) is 0 Å². The maximum Gasteiger partial charge on any atom is 0.179 e. The van der Waals surface area contributed by atoms with E-state index in [0.717, 1.165) is 0 Å². The van der Waals surface area contributed by atoms with Crippen molar-refractivity contribution < 1.29 is 9.53 Å². The second-order valence-corrected chi connectivity index (χ2v) is 3.26. The Kier molecular flexibility index (Phi) is 2.68. The standard InChI is InChI=1S/C11H11N3O2/c1-8(15)10-7-12-13-14(10)9-5-3-4-6-11(9)16-2/h3-7H,1-2H3. The van der Waals surface area contributed by atoms with Crippen LogP contribution < -0.4 is 4.74 Å². The van der Waals surface area contributed by atoms with E-state index >= 15 is 0 Å². The molecule has 5 heteroatoms. The highest BCUT2D eigenvalue weighted by molar-refractivity contribution is 5.92. The van der Waals surface area contributed by atoms with Crippen LogP contribution in [-0.2, 0) is 0 Å². The number of methoxy groups -OCH3 is 1. The van der Waals surface area contributed by atoms with Crippen LogP contribution in [0.1, 0.15) is 17.4 Å². The zero-order valence-corrected chi connectivity index (χ0v) is 9.04. The Morgan fingerprint density at radius 1 is 1.38 bits per heavy atom. The van der Waals surface area contributed by atoms with E-state index in [0.29, 0.717) is 17.1 Å². The molecule has 5 nitrogen and oxygen atoms in total. The summed E-state index contributed by atoms with van der Waals surface area (Å²) in [6, 6.07) is 7.33. The number of para-hydroxylation sites is 2. The van der Waals surface area contributed by atoms with E-state index in [4.69, 9.17) is 4.74 Å². The molecule has 0 aliphatic carbocycles. The normalized spacial score (nSPS) is 10.1. The van der Waals surface area contributed by atoms with Crippen molar-refractivity contribution in [1.82, 2.24) is 15.0 Å². The summed E-state index contributed by atoms with van der Waals surface area (Å²) in [5, 5.41) is 7.61. The quantitative estimate of drug-likeness (QED) is 0.731. The molecule has 0 amide bonds. The molecule has 0 unspecified atom stereocenters. The zero-order chi connectivity index (χ0) is 11.5. The molecule has 0 atom stereocenters. The number of hydrogen-bond acceptors (Lipinski definition) is 4. The fourth-order valence-electron chi connectivity index (χ4n) is 1.46. The Hall–Kier alpha value is -2.17. The number of aromatic nitrogens is 3. The van der Waals surface area contributed by atoms with Crippen LogP contribution in [0.25, 0.3) is 5.69 Å². The Bertz CT molecular complexity index is 519. The van der Waals surface area contributed by atoms with Gasteiger partial charge >= 0.3 is 0 Å². The first-order chi connectivity index (χ1) is 7.74. The van der Waals surface area contributed by atoms with Crippen molar-refractivity contribution >= 4 is 5.78 Å². The van der Waals surface area contributed by atoms with Crippen LogP contribution in [0.2, 0.25) is 0 Å². The van der Waals surface area contributed by atoms with Gasteiger partial charge in [0, 0.05) is 6.92 Å². The Morgan fingerprint density at radius 3 is 2.81 bits per heavy atom. The number of carbonyl (C=O) groups is 1. The van der Waals surface area contributed by atoms with Crippen molar-refractivity contribution in [2.75, 3.05) is 7.11 Å². The van der Waals surface area contributed by atoms with Gasteiger partial charge in [-0.15, -0.1) is 5.10 Å². The number of nitrogens with zero attached hydrogens (tertiary/aromatic N) is 3. The molecule has 1 aromatic heterocycles. The number of ketones is 1. The molecule has 0 saturated heterocycles. The molecule has 0 bridgehead atoms. The number of carbonyl (C=O) groups excluding carboxylic acids is 1. The third-order valence-electron chi connectivity index (χ3n) is 2.22. The van der Waals surface area contributed by atoms with Crippen LogP contribution in [0.5, 0.6) is 5.75 Å². The average molecular weight is 217 g/mol. The maximum absolute atomic E-state index is 11.4. The molecule has 0 aliphatic heterocycles. The minimum absolute atomic E-state index is 0.0871. The third-order valence-corrected chi connectivity index (χ3v) is 2.22. The number of rotatable bonds is 3. The first-order valence-electron chi connectivity index (χ1n) is 4.79. The van der Waals surface area contributed by atoms with Gasteiger partial charge in [0.25, 0.3) is 0 Å². The van der Waals surface area contributed by atoms with Crippen LogP contribution in [-0.4, -0.2) is 27.9 Å². The number of ether oxygens (including phenoxy) is 1. The van der Waals surface area contributed by atoms with E-state index in [1.807, 2.05) is 18.2 Å². The molecular weight excluding hydrogens is 206 g/mol. The molecule has 0 aliphatic rings. The summed E-state index contributed by atoms with van der Waals surface area (Å²) in [5.41, 5.74) is 1.14. The molecule has 0 spiro atoms. The van der Waals surface area contributed by atoms with Crippen LogP contribution >= 0.6 is 0 Å². The molecule has 0 radical (unpaired) electrons. The van der Waals surface area contributed by atoms with Gasteiger partial charge in [-0.2, -0.15) is 0 Å². The molecule has 0 N–H and O–H groups in total. The Morgan fingerprint density at radius 2 is 2.12 bits per heavy atom. The maximum atomic E-state index is 11.4. The van der Waals surface area contributed by atoms with Gasteiger partial charge in [-0.05, 0) is 12.1 Å². The predicted octanol–water partition coefficient (Wildman–Crippen LogP) is 1.48. The summed E-state index contributed by atoms with van der Waals surface area (Å²) in [6.45, 7) is 1.48. The summed E-state index contributed by atoms with van der Waals surface area (Å²) in [7, 11) is 1.57. The molecule has 0 fully saturated rings. The van der Waals surface area contributed by atoms with Crippen LogP contribution in [0.15, 0.2) is 30.5 Å². The van der Waals surface area contributed by atoms with Gasteiger partial charge in [0.1, 0.15) is 17.1 Å². The van der Waals surface area contributed by atoms with Gasteiger partial charge in [0.05, 0.1) is 13.3 Å². The minimum atomic E-state index is -0.0871. The van der Waals surface area contributed by atoms with E-state index in [9.17, 15) is 4.79 Å². The van der Waals surface area contributed by atoms with Gasteiger partial charge in [-0.25, -0.2) is 4.68 Å².